The molecule has 2 atom stereocenters. The summed E-state index contributed by atoms with van der Waals surface area (Å²) in [5, 5.41) is 17.0. The predicted octanol–water partition coefficient (Wildman–Crippen LogP) is 5.04. The molecule has 0 bridgehead atoms. The molecule has 2 N–H and O–H groups in total. The third-order valence-electron chi connectivity index (χ3n) is 6.57. The highest BCUT2D eigenvalue weighted by molar-refractivity contribution is 6.21. The highest BCUT2D eigenvalue weighted by Gasteiger charge is 2.47. The lowest BCUT2D eigenvalue weighted by molar-refractivity contribution is 0.00763. The minimum atomic E-state index is -2.77. The largest absolute Gasteiger partial charge is 0.341 e. The highest BCUT2D eigenvalue weighted by Crippen LogP contribution is 2.44. The molecule has 182 valence electrons. The van der Waals surface area contributed by atoms with Crippen LogP contribution in [0, 0.1) is 16.6 Å². The zero-order valence-electron chi connectivity index (χ0n) is 19.3. The van der Waals surface area contributed by atoms with Crippen molar-refractivity contribution < 1.29 is 13.2 Å². The maximum atomic E-state index is 14.2. The van der Waals surface area contributed by atoms with Crippen molar-refractivity contribution in [2.24, 2.45) is 0 Å². The Hall–Kier alpha value is -3.76. The maximum absolute atomic E-state index is 14.2. The number of fused-ring (bicyclic) bond motifs is 1. The van der Waals surface area contributed by atoms with Crippen LogP contribution in [0.2, 0.25) is 0 Å². The third kappa shape index (κ3) is 3.94. The first-order valence-electron chi connectivity index (χ1n) is 11.5. The van der Waals surface area contributed by atoms with Crippen LogP contribution < -0.4 is 9.80 Å². The zero-order valence-corrected chi connectivity index (χ0v) is 19.3. The van der Waals surface area contributed by atoms with E-state index in [0.717, 1.165) is 0 Å². The molecule has 1 fully saturated rings. The number of rotatable bonds is 4. The molecule has 1 aliphatic carbocycles. The van der Waals surface area contributed by atoms with Crippen LogP contribution in [0.3, 0.4) is 0 Å². The quantitative estimate of drug-likeness (QED) is 0.401. The van der Waals surface area contributed by atoms with Gasteiger partial charge >= 0.3 is 0 Å². The van der Waals surface area contributed by atoms with Gasteiger partial charge in [0.25, 0.3) is 0 Å². The topological polar surface area (TPSA) is 97.8 Å². The van der Waals surface area contributed by atoms with Crippen molar-refractivity contribution in [1.29, 1.82) is 10.8 Å². The lowest BCUT2D eigenvalue weighted by atomic mass is 10.0. The standard InChI is InChI=1S/C24H25F3N8/c1-3-18-20(29)34(14(2)28)19-13-31-23(32-22(19)35(18)17-8-9-24(26,27)12-17)33-11-10-30-21(33)15-4-6-16(25)7-5-15/h4-7,10-11,13,17-18,28-29H,3,8-9,12H2,1-2H3. The van der Waals surface area contributed by atoms with Crippen molar-refractivity contribution in [3.8, 4) is 17.3 Å². The van der Waals surface area contributed by atoms with Crippen molar-refractivity contribution in [1.82, 2.24) is 19.5 Å². The Kier molecular flexibility index (Phi) is 5.57. The van der Waals surface area contributed by atoms with Crippen LogP contribution in [0.1, 0.15) is 39.5 Å². The number of benzene rings is 1. The number of alkyl halides is 2. The minimum absolute atomic E-state index is 0.122. The number of amidine groups is 2. The minimum Gasteiger partial charge on any atom is -0.341 e. The van der Waals surface area contributed by atoms with Crippen molar-refractivity contribution in [2.45, 2.75) is 57.5 Å². The fraction of sp³-hybridized carbons (Fsp3) is 0.375. The summed E-state index contributed by atoms with van der Waals surface area (Å²) in [7, 11) is 0. The average Bonchev–Trinajstić information content (AvgIpc) is 3.44. The number of anilines is 2. The van der Waals surface area contributed by atoms with E-state index >= 15 is 0 Å². The number of aromatic nitrogens is 4. The first-order valence-corrected chi connectivity index (χ1v) is 11.5. The van der Waals surface area contributed by atoms with Gasteiger partial charge in [-0.3, -0.25) is 20.3 Å². The van der Waals surface area contributed by atoms with E-state index in [9.17, 15) is 13.2 Å². The highest BCUT2D eigenvalue weighted by atomic mass is 19.3. The monoisotopic (exact) mass is 482 g/mol. The van der Waals surface area contributed by atoms with Crippen LogP contribution in [0.15, 0.2) is 42.9 Å². The van der Waals surface area contributed by atoms with Crippen molar-refractivity contribution in [2.75, 3.05) is 9.80 Å². The molecule has 0 spiro atoms. The Morgan fingerprint density at radius 1 is 1.20 bits per heavy atom. The molecule has 2 aromatic heterocycles. The van der Waals surface area contributed by atoms with Gasteiger partial charge < -0.3 is 4.90 Å². The van der Waals surface area contributed by atoms with E-state index in [1.807, 2.05) is 11.8 Å². The van der Waals surface area contributed by atoms with Crippen molar-refractivity contribution >= 4 is 23.2 Å². The van der Waals surface area contributed by atoms with Crippen LogP contribution in [0.4, 0.5) is 24.7 Å². The van der Waals surface area contributed by atoms with Crippen LogP contribution in [-0.2, 0) is 0 Å². The van der Waals surface area contributed by atoms with Gasteiger partial charge in [0.05, 0.1) is 12.2 Å². The smallest absolute Gasteiger partial charge is 0.250 e. The van der Waals surface area contributed by atoms with Gasteiger partial charge in [-0.25, -0.2) is 23.1 Å². The number of imidazole rings is 1. The number of hydrogen-bond acceptors (Lipinski definition) is 6. The Morgan fingerprint density at radius 2 is 1.94 bits per heavy atom. The molecular formula is C24H25F3N8. The van der Waals surface area contributed by atoms with E-state index in [1.165, 1.54) is 23.2 Å². The summed E-state index contributed by atoms with van der Waals surface area (Å²) in [5.74, 6) is -1.69. The normalized spacial score (nSPS) is 21.3. The van der Waals surface area contributed by atoms with Gasteiger partial charge in [-0.1, -0.05) is 6.92 Å². The van der Waals surface area contributed by atoms with Crippen LogP contribution in [0.25, 0.3) is 17.3 Å². The van der Waals surface area contributed by atoms with Crippen molar-refractivity contribution in [3.63, 3.8) is 0 Å². The van der Waals surface area contributed by atoms with E-state index < -0.39 is 18.0 Å². The summed E-state index contributed by atoms with van der Waals surface area (Å²) >= 11 is 0. The van der Waals surface area contributed by atoms with Crippen molar-refractivity contribution in [3.05, 3.63) is 48.7 Å². The molecule has 0 saturated heterocycles. The summed E-state index contributed by atoms with van der Waals surface area (Å²) in [5.41, 5.74) is 1.07. The maximum Gasteiger partial charge on any atom is 0.250 e. The first-order chi connectivity index (χ1) is 16.7. The molecule has 35 heavy (non-hydrogen) atoms. The Labute approximate surface area is 200 Å². The predicted molar refractivity (Wildman–Crippen MR) is 127 cm³/mol. The fourth-order valence-electron chi connectivity index (χ4n) is 5.00. The molecule has 11 heteroatoms. The molecular weight excluding hydrogens is 457 g/mol. The number of nitrogens with zero attached hydrogens (tertiary/aromatic N) is 6. The van der Waals surface area contributed by atoms with Gasteiger partial charge in [0, 0.05) is 36.8 Å². The molecule has 8 nitrogen and oxygen atoms in total. The van der Waals surface area contributed by atoms with E-state index in [4.69, 9.17) is 15.8 Å². The summed E-state index contributed by atoms with van der Waals surface area (Å²) in [6.07, 6.45) is 5.02. The first kappa shape index (κ1) is 23.0. The molecule has 2 aliphatic rings. The summed E-state index contributed by atoms with van der Waals surface area (Å²) in [6.45, 7) is 3.47. The molecule has 1 aromatic carbocycles. The molecule has 2 unspecified atom stereocenters. The van der Waals surface area contributed by atoms with Crippen LogP contribution in [0.5, 0.6) is 0 Å². The second-order valence-electron chi connectivity index (χ2n) is 8.90. The Balaban J connectivity index is 1.65. The zero-order chi connectivity index (χ0) is 24.9. The number of nitrogens with one attached hydrogen (secondary N) is 2. The summed E-state index contributed by atoms with van der Waals surface area (Å²) in [6, 6.07) is 4.88. The SMILES string of the molecule is CCC1C(=N)N(C(C)=N)c2cnc(-n3ccnc3-c3ccc(F)cc3)nc2N1C1CCC(F)(F)C1. The van der Waals surface area contributed by atoms with Gasteiger partial charge in [0.15, 0.2) is 5.82 Å². The van der Waals surface area contributed by atoms with E-state index in [2.05, 4.69) is 9.97 Å². The van der Waals surface area contributed by atoms with Crippen LogP contribution in [-0.4, -0.2) is 49.2 Å². The Morgan fingerprint density at radius 3 is 2.57 bits per heavy atom. The molecule has 0 radical (unpaired) electrons. The van der Waals surface area contributed by atoms with Gasteiger partial charge in [-0.2, -0.15) is 4.98 Å². The lowest BCUT2D eigenvalue weighted by Gasteiger charge is -2.45. The molecule has 0 amide bonds. The van der Waals surface area contributed by atoms with Gasteiger partial charge in [0.1, 0.15) is 29.0 Å². The molecule has 1 saturated carbocycles. The van der Waals surface area contributed by atoms with Gasteiger partial charge in [-0.15, -0.1) is 0 Å². The second kappa shape index (κ2) is 8.47. The van der Waals surface area contributed by atoms with Crippen LogP contribution >= 0.6 is 0 Å². The number of hydrogen-bond donors (Lipinski definition) is 2. The fourth-order valence-corrected chi connectivity index (χ4v) is 5.00. The molecule has 3 heterocycles. The second-order valence-corrected chi connectivity index (χ2v) is 8.90. The van der Waals surface area contributed by atoms with E-state index in [1.54, 1.807) is 36.0 Å². The molecule has 5 rings (SSSR count). The van der Waals surface area contributed by atoms with E-state index in [-0.39, 0.29) is 42.7 Å². The summed E-state index contributed by atoms with van der Waals surface area (Å²) < 4.78 is 43.6. The Bertz CT molecular complexity index is 1290. The molecule has 3 aromatic rings. The third-order valence-corrected chi connectivity index (χ3v) is 6.57. The molecule has 1 aliphatic heterocycles. The average molecular weight is 483 g/mol. The van der Waals surface area contributed by atoms with Gasteiger partial charge in [-0.05, 0) is 44.0 Å². The van der Waals surface area contributed by atoms with E-state index in [0.29, 0.717) is 29.3 Å². The van der Waals surface area contributed by atoms with Gasteiger partial charge in [0.2, 0.25) is 11.9 Å². The number of halogens is 3. The lowest BCUT2D eigenvalue weighted by Crippen LogP contribution is -2.57. The summed E-state index contributed by atoms with van der Waals surface area (Å²) in [4.78, 5) is 16.9.